The molecule has 25 heteroatoms. The first kappa shape index (κ1) is 75.9. The van der Waals surface area contributed by atoms with Gasteiger partial charge in [0.15, 0.2) is 23.0 Å². The topological polar surface area (TPSA) is 242 Å². The van der Waals surface area contributed by atoms with E-state index in [-0.39, 0.29) is 85.9 Å². The number of nitrogens with zero attached hydrogens (tertiary/aromatic N) is 7. The van der Waals surface area contributed by atoms with E-state index in [9.17, 15) is 33.9 Å². The molecular weight excluding hydrogens is 1380 g/mol. The van der Waals surface area contributed by atoms with Gasteiger partial charge in [0.1, 0.15) is 37.6 Å². The number of carbonyl (C=O) groups excluding carboxylic acids is 6. The maximum atomic E-state index is 15.1. The average Bonchev–Trinajstić information content (AvgIpc) is 1.60. The van der Waals surface area contributed by atoms with E-state index in [2.05, 4.69) is 91.0 Å². The van der Waals surface area contributed by atoms with Crippen molar-refractivity contribution in [2.24, 2.45) is 5.92 Å². The van der Waals surface area contributed by atoms with E-state index in [0.29, 0.717) is 65.8 Å². The molecule has 4 atom stereocenters. The van der Waals surface area contributed by atoms with Gasteiger partial charge in [0, 0.05) is 123 Å². The van der Waals surface area contributed by atoms with Crippen LogP contribution in [0, 0.1) is 5.92 Å². The highest BCUT2D eigenvalue weighted by Gasteiger charge is 2.46. The molecule has 0 bridgehead atoms. The molecule has 3 N–H and O–H groups in total. The third-order valence-corrected chi connectivity index (χ3v) is 24.1. The van der Waals surface area contributed by atoms with Gasteiger partial charge in [0.2, 0.25) is 11.8 Å². The second-order valence-corrected chi connectivity index (χ2v) is 42.2. The number of methoxy groups -OCH3 is 2. The van der Waals surface area contributed by atoms with Crippen molar-refractivity contribution in [1.29, 1.82) is 0 Å². The number of piperazine rings is 1. The van der Waals surface area contributed by atoms with Crippen LogP contribution in [0.1, 0.15) is 88.9 Å². The summed E-state index contributed by atoms with van der Waals surface area (Å²) in [5, 5.41) is 16.3. The van der Waals surface area contributed by atoms with Gasteiger partial charge in [-0.3, -0.25) is 43.5 Å². The summed E-state index contributed by atoms with van der Waals surface area (Å²) in [5.74, 6) is -2.14. The molecule has 1 aliphatic carbocycles. The Morgan fingerprint density at radius 2 is 1.04 bits per heavy atom. The normalized spacial score (nSPS) is 17.8. The minimum Gasteiger partial charge on any atom is -0.493 e. The van der Waals surface area contributed by atoms with Crippen molar-refractivity contribution < 1.29 is 67.1 Å². The van der Waals surface area contributed by atoms with Crippen LogP contribution in [0.5, 0.6) is 23.0 Å². The van der Waals surface area contributed by atoms with E-state index in [1.165, 1.54) is 28.9 Å². The van der Waals surface area contributed by atoms with Crippen LogP contribution in [0.3, 0.4) is 0 Å². The number of hydrogen-bond donors (Lipinski definition) is 3. The van der Waals surface area contributed by atoms with Gasteiger partial charge in [-0.25, -0.2) is 4.79 Å². The Labute approximate surface area is 623 Å². The molecule has 0 saturated carbocycles. The first-order chi connectivity index (χ1) is 50.7. The summed E-state index contributed by atoms with van der Waals surface area (Å²) in [7, 11) is 2.05. The first-order valence-corrected chi connectivity index (χ1v) is 44.1. The fraction of sp³-hybridized carbons (Fsp3) is 0.420. The lowest BCUT2D eigenvalue weighted by Crippen LogP contribution is -2.56. The van der Waals surface area contributed by atoms with Crippen LogP contribution in [-0.2, 0) is 28.7 Å². The molecule has 7 amide bonds. The average molecular weight is 1480 g/mol. The number of anilines is 4. The third kappa shape index (κ3) is 16.6. The molecule has 0 aromatic heterocycles. The van der Waals surface area contributed by atoms with Crippen LogP contribution in [-0.4, -0.2) is 200 Å². The van der Waals surface area contributed by atoms with Crippen LogP contribution in [0.15, 0.2) is 134 Å². The Hall–Kier alpha value is -9.80. The second kappa shape index (κ2) is 32.1. The van der Waals surface area contributed by atoms with Crippen molar-refractivity contribution in [2.45, 2.75) is 121 Å². The largest absolute Gasteiger partial charge is 0.493 e. The van der Waals surface area contributed by atoms with Gasteiger partial charge in [0.25, 0.3) is 23.6 Å². The molecule has 0 unspecified atom stereocenters. The molecule has 1 saturated heterocycles. The fourth-order valence-electron chi connectivity index (χ4n) is 14.6. The SMILES string of the molecule is COc1cc2c(cc1OCCCOc1cc3c(cc1OC)C(=O)N1C=C(c4ccc(N5CCN(C)CC5)cc4)C[C@H]1C(=O)N3COCC[Si](C)(C)C)N(COCC[Si](C)(C)C)C(=O)[C@@H]1CC(c3ccc(NC(=O)[C@H](C)NC(=O)[C@H](C(C)C)N(CC4c5ccccc5-c5ccccc54)C(=O)O)cc3)=CN1C2=O. The first-order valence-electron chi connectivity index (χ1n) is 36.7. The number of amides is 7. The molecule has 6 aromatic rings. The van der Waals surface area contributed by atoms with E-state index < -0.39 is 70.0 Å². The number of likely N-dealkylation sites (N-methyl/N-ethyl adjacent to an activating group) is 1. The summed E-state index contributed by atoms with van der Waals surface area (Å²) in [6.45, 7) is 23.4. The molecule has 0 radical (unpaired) electrons. The summed E-state index contributed by atoms with van der Waals surface area (Å²) >= 11 is 0. The Morgan fingerprint density at radius 3 is 1.48 bits per heavy atom. The van der Waals surface area contributed by atoms with E-state index in [1.54, 1.807) is 85.3 Å². The van der Waals surface area contributed by atoms with Crippen molar-refractivity contribution in [3.8, 4) is 34.1 Å². The van der Waals surface area contributed by atoms with Gasteiger partial charge in [-0.15, -0.1) is 0 Å². The molecule has 6 aliphatic rings. The number of carboxylic acid groups (broad SMARTS) is 1. The zero-order chi connectivity index (χ0) is 75.5. The Balaban J connectivity index is 0.714. The van der Waals surface area contributed by atoms with Gasteiger partial charge in [0.05, 0.1) is 49.9 Å². The second-order valence-electron chi connectivity index (χ2n) is 31.0. The molecule has 6 aromatic carbocycles. The Kier molecular flexibility index (Phi) is 23.0. The van der Waals surface area contributed by atoms with Gasteiger partial charge < -0.3 is 63.8 Å². The van der Waals surface area contributed by atoms with E-state index in [4.69, 9.17) is 28.4 Å². The van der Waals surface area contributed by atoms with Crippen molar-refractivity contribution in [1.82, 2.24) is 24.9 Å². The summed E-state index contributed by atoms with van der Waals surface area (Å²) in [4.78, 5) is 113. The zero-order valence-electron chi connectivity index (χ0n) is 62.9. The number of fused-ring (bicyclic) bond motifs is 7. The molecule has 1 fully saturated rings. The van der Waals surface area contributed by atoms with E-state index in [1.807, 2.05) is 54.7 Å². The van der Waals surface area contributed by atoms with Gasteiger partial charge in [-0.2, -0.15) is 0 Å². The minimum absolute atomic E-state index is 0.0358. The maximum Gasteiger partial charge on any atom is 0.408 e. The monoisotopic (exact) mass is 1480 g/mol. The molecular formula is C81H99N9O14Si2. The molecule has 12 rings (SSSR count). The molecule has 0 spiro atoms. The number of hydrogen-bond acceptors (Lipinski definition) is 15. The van der Waals surface area contributed by atoms with Gasteiger partial charge in [-0.05, 0) is 113 Å². The Morgan fingerprint density at radius 1 is 0.575 bits per heavy atom. The number of carbonyl (C=O) groups is 7. The zero-order valence-corrected chi connectivity index (χ0v) is 64.9. The van der Waals surface area contributed by atoms with Crippen LogP contribution in [0.2, 0.25) is 51.4 Å². The Bertz CT molecular complexity index is 4330. The summed E-state index contributed by atoms with van der Waals surface area (Å²) < 4.78 is 37.2. The highest BCUT2D eigenvalue weighted by Crippen LogP contribution is 2.47. The summed E-state index contributed by atoms with van der Waals surface area (Å²) in [5.41, 5.74) is 9.93. The van der Waals surface area contributed by atoms with Crippen LogP contribution in [0.4, 0.5) is 27.5 Å². The number of ether oxygens (including phenoxy) is 6. The quantitative estimate of drug-likeness (QED) is 0.0292. The standard InChI is InChI=1S/C81H99N9O14Si2/c1-51(2)74(88(81(97)98)48-65-61-20-15-13-18-59(61)60-19-14-16-21-62(60)65)76(92)82-52(3)75(91)83-57-26-22-53(23-27-57)55-40-68-79(95)89(49-101-36-38-105(7,8)9)66-44-72(70(99-5)42-63(66)77(93)86(68)46-55)103-34-17-35-104-73-45-67-64(43-71(73)100-6)78(94)87-47-56(41-69(87)80(96)90(67)50-102-37-39-106(10,11)12)54-24-28-58(29-25-54)85-32-30-84(4)31-33-85/h13-16,18-29,42-47,51-52,65,68-69,74H,17,30-41,48-50H2,1-12H3,(H,82,92)(H,83,91)(H,97,98)/t52-,68-,69-,74-/m0/s1. The van der Waals surface area contributed by atoms with Crippen molar-refractivity contribution in [3.63, 3.8) is 0 Å². The minimum atomic E-state index is -1.56. The summed E-state index contributed by atoms with van der Waals surface area (Å²) in [6.07, 6.45) is 3.07. The molecule has 5 aliphatic heterocycles. The van der Waals surface area contributed by atoms with E-state index in [0.717, 1.165) is 77.3 Å². The van der Waals surface area contributed by atoms with Crippen LogP contribution >= 0.6 is 0 Å². The molecule has 106 heavy (non-hydrogen) atoms. The smallest absolute Gasteiger partial charge is 0.408 e. The third-order valence-electron chi connectivity index (χ3n) is 20.7. The number of rotatable bonds is 29. The van der Waals surface area contributed by atoms with Gasteiger partial charge >= 0.3 is 6.09 Å². The predicted molar refractivity (Wildman–Crippen MR) is 416 cm³/mol. The van der Waals surface area contributed by atoms with Crippen LogP contribution < -0.4 is 44.3 Å². The lowest BCUT2D eigenvalue weighted by atomic mass is 9.94. The fourth-order valence-corrected chi connectivity index (χ4v) is 16.1. The van der Waals surface area contributed by atoms with E-state index >= 15 is 4.79 Å². The highest BCUT2D eigenvalue weighted by molar-refractivity contribution is 6.76. The lowest BCUT2D eigenvalue weighted by Gasteiger charge is -2.34. The van der Waals surface area contributed by atoms with Crippen molar-refractivity contribution in [2.75, 3.05) is 114 Å². The number of benzene rings is 6. The van der Waals surface area contributed by atoms with Crippen LogP contribution in [0.25, 0.3) is 22.3 Å². The predicted octanol–water partition coefficient (Wildman–Crippen LogP) is 12.4. The number of nitrogens with one attached hydrogen (secondary N) is 2. The maximum absolute atomic E-state index is 15.1. The lowest BCUT2D eigenvalue weighted by molar-refractivity contribution is -0.130. The summed E-state index contributed by atoms with van der Waals surface area (Å²) in [6, 6.07) is 35.5. The molecule has 5 heterocycles. The van der Waals surface area contributed by atoms with Crippen molar-refractivity contribution >= 4 is 91.6 Å². The highest BCUT2D eigenvalue weighted by atomic mass is 28.3. The molecule has 560 valence electrons. The molecule has 23 nitrogen and oxygen atoms in total. The van der Waals surface area contributed by atoms with Gasteiger partial charge in [-0.1, -0.05) is 126 Å². The van der Waals surface area contributed by atoms with Crippen molar-refractivity contribution in [3.05, 3.63) is 167 Å².